The number of benzene rings is 1. The van der Waals surface area contributed by atoms with Gasteiger partial charge in [0.1, 0.15) is 0 Å². The second-order valence-corrected chi connectivity index (χ2v) is 5.24. The number of para-hydroxylation sites is 1. The lowest BCUT2D eigenvalue weighted by molar-refractivity contribution is 0.682. The zero-order valence-corrected chi connectivity index (χ0v) is 12.7. The molecule has 0 amide bonds. The van der Waals surface area contributed by atoms with Gasteiger partial charge in [-0.2, -0.15) is 5.10 Å². The van der Waals surface area contributed by atoms with Crippen LogP contribution in [0.15, 0.2) is 42.7 Å². The van der Waals surface area contributed by atoms with Gasteiger partial charge in [0.2, 0.25) is 0 Å². The van der Waals surface area contributed by atoms with Crippen molar-refractivity contribution in [3.05, 3.63) is 59.5 Å². The normalized spacial score (nSPS) is 12.7. The minimum absolute atomic E-state index is 0.116. The van der Waals surface area contributed by atoms with Crippen LogP contribution in [0.3, 0.4) is 0 Å². The van der Waals surface area contributed by atoms with Gasteiger partial charge in [0.05, 0.1) is 17.3 Å². The van der Waals surface area contributed by atoms with Crippen molar-refractivity contribution in [1.82, 2.24) is 20.1 Å². The number of rotatable bonds is 4. The van der Waals surface area contributed by atoms with E-state index in [-0.39, 0.29) is 6.04 Å². The van der Waals surface area contributed by atoms with Gasteiger partial charge in [-0.05, 0) is 31.2 Å². The van der Waals surface area contributed by atoms with Crippen LogP contribution in [0.4, 0.5) is 0 Å². The van der Waals surface area contributed by atoms with E-state index in [2.05, 4.69) is 40.7 Å². The molecule has 1 N–H and O–H groups in total. The molecule has 0 aliphatic heterocycles. The number of hydrogen-bond acceptors (Lipinski definition) is 3. The van der Waals surface area contributed by atoms with E-state index >= 15 is 0 Å². The summed E-state index contributed by atoms with van der Waals surface area (Å²) in [5, 5.41) is 9.10. The van der Waals surface area contributed by atoms with E-state index in [0.29, 0.717) is 0 Å². The van der Waals surface area contributed by atoms with Gasteiger partial charge in [-0.15, -0.1) is 0 Å². The summed E-state index contributed by atoms with van der Waals surface area (Å²) in [4.78, 5) is 4.57. The van der Waals surface area contributed by atoms with Gasteiger partial charge in [0.25, 0.3) is 0 Å². The molecule has 0 saturated heterocycles. The molecule has 21 heavy (non-hydrogen) atoms. The summed E-state index contributed by atoms with van der Waals surface area (Å²) in [6, 6.07) is 10.5. The first-order valence-electron chi connectivity index (χ1n) is 7.27. The minimum atomic E-state index is 0.116. The zero-order valence-electron chi connectivity index (χ0n) is 12.7. The SMILES string of the molecule is CCc1nn(C)cc1C(NC)c1cnc2ccccc2c1. The van der Waals surface area contributed by atoms with Crippen LogP contribution >= 0.6 is 0 Å². The number of aryl methyl sites for hydroxylation is 2. The Kier molecular flexibility index (Phi) is 3.71. The molecule has 0 fully saturated rings. The van der Waals surface area contributed by atoms with E-state index in [1.807, 2.05) is 43.2 Å². The maximum atomic E-state index is 4.57. The molecule has 2 aromatic heterocycles. The predicted octanol–water partition coefficient (Wildman–Crippen LogP) is 2.84. The van der Waals surface area contributed by atoms with Crippen molar-refractivity contribution in [3.63, 3.8) is 0 Å². The van der Waals surface area contributed by atoms with Gasteiger partial charge in [0.15, 0.2) is 0 Å². The number of nitrogens with zero attached hydrogens (tertiary/aromatic N) is 3. The molecule has 3 aromatic rings. The molecular formula is C17H20N4. The molecule has 0 aliphatic rings. The van der Waals surface area contributed by atoms with E-state index < -0.39 is 0 Å². The van der Waals surface area contributed by atoms with Crippen molar-refractivity contribution in [1.29, 1.82) is 0 Å². The van der Waals surface area contributed by atoms with Crippen molar-refractivity contribution >= 4 is 10.9 Å². The minimum Gasteiger partial charge on any atom is -0.309 e. The molecule has 0 spiro atoms. The lowest BCUT2D eigenvalue weighted by atomic mass is 9.98. The highest BCUT2D eigenvalue weighted by Crippen LogP contribution is 2.26. The Hall–Kier alpha value is -2.20. The third-order valence-electron chi connectivity index (χ3n) is 3.82. The molecule has 0 bridgehead atoms. The topological polar surface area (TPSA) is 42.7 Å². The molecule has 1 unspecified atom stereocenters. The maximum Gasteiger partial charge on any atom is 0.0702 e. The summed E-state index contributed by atoms with van der Waals surface area (Å²) in [5.41, 5.74) is 4.54. The first kappa shape index (κ1) is 13.8. The van der Waals surface area contributed by atoms with Crippen LogP contribution in [-0.4, -0.2) is 21.8 Å². The van der Waals surface area contributed by atoms with Crippen LogP contribution in [0, 0.1) is 0 Å². The third kappa shape index (κ3) is 2.54. The van der Waals surface area contributed by atoms with Gasteiger partial charge in [-0.25, -0.2) is 0 Å². The first-order chi connectivity index (χ1) is 10.2. The smallest absolute Gasteiger partial charge is 0.0702 e. The van der Waals surface area contributed by atoms with E-state index in [0.717, 1.165) is 23.0 Å². The van der Waals surface area contributed by atoms with Crippen molar-refractivity contribution in [3.8, 4) is 0 Å². The van der Waals surface area contributed by atoms with Crippen molar-refractivity contribution in [2.75, 3.05) is 7.05 Å². The van der Waals surface area contributed by atoms with Crippen LogP contribution in [0.25, 0.3) is 10.9 Å². The van der Waals surface area contributed by atoms with Crippen molar-refractivity contribution in [2.45, 2.75) is 19.4 Å². The summed E-state index contributed by atoms with van der Waals surface area (Å²) < 4.78 is 1.88. The van der Waals surface area contributed by atoms with Gasteiger partial charge in [-0.1, -0.05) is 25.1 Å². The predicted molar refractivity (Wildman–Crippen MR) is 85.2 cm³/mol. The highest BCUT2D eigenvalue weighted by Gasteiger charge is 2.18. The number of pyridine rings is 1. The second-order valence-electron chi connectivity index (χ2n) is 5.24. The van der Waals surface area contributed by atoms with Crippen LogP contribution in [0.5, 0.6) is 0 Å². The summed E-state index contributed by atoms with van der Waals surface area (Å²) in [6.07, 6.45) is 4.97. The lowest BCUT2D eigenvalue weighted by Gasteiger charge is -2.16. The van der Waals surface area contributed by atoms with E-state index in [9.17, 15) is 0 Å². The first-order valence-corrected chi connectivity index (χ1v) is 7.27. The summed E-state index contributed by atoms with van der Waals surface area (Å²) in [5.74, 6) is 0. The summed E-state index contributed by atoms with van der Waals surface area (Å²) in [6.45, 7) is 2.14. The summed E-state index contributed by atoms with van der Waals surface area (Å²) in [7, 11) is 3.94. The summed E-state index contributed by atoms with van der Waals surface area (Å²) >= 11 is 0. The highest BCUT2D eigenvalue weighted by molar-refractivity contribution is 5.79. The average molecular weight is 280 g/mol. The maximum absolute atomic E-state index is 4.57. The van der Waals surface area contributed by atoms with Crippen LogP contribution in [-0.2, 0) is 13.5 Å². The molecule has 0 radical (unpaired) electrons. The van der Waals surface area contributed by atoms with Crippen LogP contribution in [0.1, 0.15) is 29.8 Å². The van der Waals surface area contributed by atoms with Gasteiger partial charge in [0, 0.05) is 30.4 Å². The second kappa shape index (κ2) is 5.66. The Morgan fingerprint density at radius 1 is 1.29 bits per heavy atom. The largest absolute Gasteiger partial charge is 0.309 e. The Balaban J connectivity index is 2.08. The Labute approximate surface area is 124 Å². The molecule has 1 atom stereocenters. The average Bonchev–Trinajstić information content (AvgIpc) is 2.89. The van der Waals surface area contributed by atoms with Gasteiger partial charge < -0.3 is 5.32 Å². The molecular weight excluding hydrogens is 260 g/mol. The number of nitrogens with one attached hydrogen (secondary N) is 1. The fraction of sp³-hybridized carbons (Fsp3) is 0.294. The van der Waals surface area contributed by atoms with Gasteiger partial charge in [-0.3, -0.25) is 9.67 Å². The van der Waals surface area contributed by atoms with Gasteiger partial charge >= 0.3 is 0 Å². The highest BCUT2D eigenvalue weighted by atomic mass is 15.3. The Morgan fingerprint density at radius 3 is 2.86 bits per heavy atom. The standard InChI is InChI=1S/C17H20N4/c1-4-15-14(11-21(3)20-15)17(18-2)13-9-12-7-5-6-8-16(12)19-10-13/h5-11,17-18H,4H2,1-3H3. The molecule has 4 heteroatoms. The Bertz CT molecular complexity index is 760. The number of aromatic nitrogens is 3. The molecule has 3 rings (SSSR count). The number of hydrogen-bond donors (Lipinski definition) is 1. The van der Waals surface area contributed by atoms with E-state index in [1.54, 1.807) is 0 Å². The number of fused-ring (bicyclic) bond motifs is 1. The third-order valence-corrected chi connectivity index (χ3v) is 3.82. The lowest BCUT2D eigenvalue weighted by Crippen LogP contribution is -2.18. The Morgan fingerprint density at radius 2 is 2.10 bits per heavy atom. The molecule has 4 nitrogen and oxygen atoms in total. The molecule has 0 saturated carbocycles. The van der Waals surface area contributed by atoms with Crippen molar-refractivity contribution < 1.29 is 0 Å². The quantitative estimate of drug-likeness (QED) is 0.799. The molecule has 0 aliphatic carbocycles. The fourth-order valence-electron chi connectivity index (χ4n) is 2.82. The van der Waals surface area contributed by atoms with Crippen molar-refractivity contribution in [2.24, 2.45) is 7.05 Å². The van der Waals surface area contributed by atoms with E-state index in [1.165, 1.54) is 11.1 Å². The molecule has 1 aromatic carbocycles. The van der Waals surface area contributed by atoms with Crippen LogP contribution < -0.4 is 5.32 Å². The fourth-order valence-corrected chi connectivity index (χ4v) is 2.82. The molecule has 108 valence electrons. The molecule has 2 heterocycles. The van der Waals surface area contributed by atoms with E-state index in [4.69, 9.17) is 0 Å². The van der Waals surface area contributed by atoms with Crippen LogP contribution in [0.2, 0.25) is 0 Å². The monoisotopic (exact) mass is 280 g/mol. The zero-order chi connectivity index (χ0) is 14.8.